The van der Waals surface area contributed by atoms with Gasteiger partial charge < -0.3 is 16.0 Å². The monoisotopic (exact) mass is 346 g/mol. The van der Waals surface area contributed by atoms with Crippen LogP contribution in [-0.4, -0.2) is 24.0 Å². The van der Waals surface area contributed by atoms with Crippen molar-refractivity contribution in [3.05, 3.63) is 59.3 Å². The second-order valence-corrected chi connectivity index (χ2v) is 5.80. The molecule has 1 aromatic carbocycles. The van der Waals surface area contributed by atoms with Gasteiger partial charge in [0.25, 0.3) is 5.91 Å². The summed E-state index contributed by atoms with van der Waals surface area (Å²) >= 11 is 0. The number of anilines is 1. The first kappa shape index (κ1) is 18.2. The molecule has 1 aromatic heterocycles. The Morgan fingerprint density at radius 1 is 1.12 bits per heavy atom. The maximum absolute atomic E-state index is 12.2. The van der Waals surface area contributed by atoms with Gasteiger partial charge in [-0.15, -0.1) is 12.4 Å². The molecule has 2 heterocycles. The number of benzene rings is 1. The van der Waals surface area contributed by atoms with Crippen LogP contribution in [-0.2, 0) is 13.1 Å². The van der Waals surface area contributed by atoms with Crippen molar-refractivity contribution in [2.75, 3.05) is 18.0 Å². The van der Waals surface area contributed by atoms with E-state index < -0.39 is 0 Å². The van der Waals surface area contributed by atoms with Crippen LogP contribution in [0.1, 0.15) is 34.3 Å². The summed E-state index contributed by atoms with van der Waals surface area (Å²) < 4.78 is 0. The Hall–Kier alpha value is -2.11. The van der Waals surface area contributed by atoms with Crippen molar-refractivity contribution in [3.8, 4) is 0 Å². The average Bonchev–Trinajstić information content (AvgIpc) is 3.15. The first-order valence-electron chi connectivity index (χ1n) is 8.03. The zero-order chi connectivity index (χ0) is 16.1. The van der Waals surface area contributed by atoms with Crippen molar-refractivity contribution < 1.29 is 4.79 Å². The minimum absolute atomic E-state index is 0. The van der Waals surface area contributed by atoms with Gasteiger partial charge in [0, 0.05) is 37.9 Å². The fourth-order valence-electron chi connectivity index (χ4n) is 2.77. The van der Waals surface area contributed by atoms with Crippen LogP contribution >= 0.6 is 12.4 Å². The highest BCUT2D eigenvalue weighted by Crippen LogP contribution is 2.18. The third-order valence-corrected chi connectivity index (χ3v) is 4.14. The van der Waals surface area contributed by atoms with Gasteiger partial charge in [-0.1, -0.05) is 12.1 Å². The lowest BCUT2D eigenvalue weighted by Gasteiger charge is -2.17. The smallest absolute Gasteiger partial charge is 0.251 e. The lowest BCUT2D eigenvalue weighted by atomic mass is 10.1. The van der Waals surface area contributed by atoms with Crippen LogP contribution in [0.5, 0.6) is 0 Å². The molecule has 128 valence electrons. The molecule has 0 aliphatic carbocycles. The van der Waals surface area contributed by atoms with E-state index in [9.17, 15) is 4.79 Å². The number of nitrogens with one attached hydrogen (secondary N) is 1. The van der Waals surface area contributed by atoms with E-state index >= 15 is 0 Å². The molecule has 2 aromatic rings. The van der Waals surface area contributed by atoms with E-state index in [1.165, 1.54) is 12.8 Å². The minimum Gasteiger partial charge on any atom is -0.357 e. The topological polar surface area (TPSA) is 71.2 Å². The Balaban J connectivity index is 0.00000208. The number of carbonyl (C=O) groups is 1. The van der Waals surface area contributed by atoms with Gasteiger partial charge in [-0.2, -0.15) is 0 Å². The standard InChI is InChI=1S/C18H22N4O.ClH/c19-12-14-3-5-16(6-4-14)18(23)21-13-15-7-8-20-17(11-15)22-9-1-2-10-22;/h3-8,11H,1-2,9-10,12-13,19H2,(H,21,23);1H. The number of hydrogen-bond donors (Lipinski definition) is 2. The van der Waals surface area contributed by atoms with Crippen molar-refractivity contribution in [1.29, 1.82) is 0 Å². The summed E-state index contributed by atoms with van der Waals surface area (Å²) in [4.78, 5) is 18.9. The van der Waals surface area contributed by atoms with Gasteiger partial charge in [-0.05, 0) is 48.2 Å². The number of nitrogens with two attached hydrogens (primary N) is 1. The molecule has 0 bridgehead atoms. The largest absolute Gasteiger partial charge is 0.357 e. The molecule has 0 spiro atoms. The summed E-state index contributed by atoms with van der Waals surface area (Å²) in [6.07, 6.45) is 4.26. The van der Waals surface area contributed by atoms with Crippen LogP contribution in [0.15, 0.2) is 42.6 Å². The first-order chi connectivity index (χ1) is 11.3. The van der Waals surface area contributed by atoms with E-state index in [0.717, 1.165) is 30.0 Å². The molecule has 0 saturated carbocycles. The SMILES string of the molecule is Cl.NCc1ccc(C(=O)NCc2ccnc(N3CCCC3)c2)cc1. The van der Waals surface area contributed by atoms with Gasteiger partial charge in [0.1, 0.15) is 5.82 Å². The molecule has 1 aliphatic rings. The number of carbonyl (C=O) groups excluding carboxylic acids is 1. The molecule has 3 N–H and O–H groups in total. The first-order valence-corrected chi connectivity index (χ1v) is 8.03. The summed E-state index contributed by atoms with van der Waals surface area (Å²) in [7, 11) is 0. The Bertz CT molecular complexity index is 669. The fraction of sp³-hybridized carbons (Fsp3) is 0.333. The second kappa shape index (κ2) is 8.66. The molecular weight excluding hydrogens is 324 g/mol. The minimum atomic E-state index is -0.0758. The second-order valence-electron chi connectivity index (χ2n) is 5.80. The lowest BCUT2D eigenvalue weighted by molar-refractivity contribution is 0.0951. The van der Waals surface area contributed by atoms with E-state index in [4.69, 9.17) is 5.73 Å². The van der Waals surface area contributed by atoms with E-state index in [1.54, 1.807) is 12.1 Å². The summed E-state index contributed by atoms with van der Waals surface area (Å²) in [6.45, 7) is 3.12. The molecule has 1 saturated heterocycles. The Kier molecular flexibility index (Phi) is 6.58. The Morgan fingerprint density at radius 2 is 1.83 bits per heavy atom. The highest BCUT2D eigenvalue weighted by atomic mass is 35.5. The molecular formula is C18H23ClN4O. The number of halogens is 1. The molecule has 5 nitrogen and oxygen atoms in total. The third-order valence-electron chi connectivity index (χ3n) is 4.14. The van der Waals surface area contributed by atoms with Crippen LogP contribution in [0.4, 0.5) is 5.82 Å². The maximum atomic E-state index is 12.2. The van der Waals surface area contributed by atoms with Crippen molar-refractivity contribution in [1.82, 2.24) is 10.3 Å². The molecule has 1 fully saturated rings. The average molecular weight is 347 g/mol. The van der Waals surface area contributed by atoms with Crippen molar-refractivity contribution >= 4 is 24.1 Å². The number of aromatic nitrogens is 1. The zero-order valence-corrected chi connectivity index (χ0v) is 14.4. The van der Waals surface area contributed by atoms with E-state index in [-0.39, 0.29) is 18.3 Å². The molecule has 24 heavy (non-hydrogen) atoms. The van der Waals surface area contributed by atoms with Crippen LogP contribution in [0, 0.1) is 0 Å². The highest BCUT2D eigenvalue weighted by molar-refractivity contribution is 5.94. The molecule has 1 aliphatic heterocycles. The Morgan fingerprint density at radius 3 is 2.50 bits per heavy atom. The predicted octanol–water partition coefficient (Wildman–Crippen LogP) is 2.49. The molecule has 6 heteroatoms. The maximum Gasteiger partial charge on any atom is 0.251 e. The van der Waals surface area contributed by atoms with Gasteiger partial charge >= 0.3 is 0 Å². The third kappa shape index (κ3) is 4.46. The molecule has 3 rings (SSSR count). The molecule has 0 atom stereocenters. The van der Waals surface area contributed by atoms with Crippen molar-refractivity contribution in [2.45, 2.75) is 25.9 Å². The van der Waals surface area contributed by atoms with Gasteiger partial charge in [-0.25, -0.2) is 4.98 Å². The number of pyridine rings is 1. The number of amides is 1. The van der Waals surface area contributed by atoms with E-state index in [1.807, 2.05) is 24.4 Å². The van der Waals surface area contributed by atoms with E-state index in [0.29, 0.717) is 18.7 Å². The van der Waals surface area contributed by atoms with Gasteiger partial charge in [-0.3, -0.25) is 4.79 Å². The highest BCUT2D eigenvalue weighted by Gasteiger charge is 2.13. The molecule has 0 radical (unpaired) electrons. The van der Waals surface area contributed by atoms with Gasteiger partial charge in [0.05, 0.1) is 0 Å². The fourth-order valence-corrected chi connectivity index (χ4v) is 2.77. The van der Waals surface area contributed by atoms with Crippen LogP contribution in [0.3, 0.4) is 0 Å². The Labute approximate surface area is 148 Å². The number of rotatable bonds is 5. The predicted molar refractivity (Wildman–Crippen MR) is 98.4 cm³/mol. The summed E-state index contributed by atoms with van der Waals surface area (Å²) in [5.74, 6) is 0.926. The van der Waals surface area contributed by atoms with Crippen molar-refractivity contribution in [2.24, 2.45) is 5.73 Å². The van der Waals surface area contributed by atoms with Crippen LogP contribution < -0.4 is 16.0 Å². The molecule has 0 unspecified atom stereocenters. The van der Waals surface area contributed by atoms with Crippen molar-refractivity contribution in [3.63, 3.8) is 0 Å². The van der Waals surface area contributed by atoms with Crippen LogP contribution in [0.2, 0.25) is 0 Å². The van der Waals surface area contributed by atoms with Gasteiger partial charge in [0.15, 0.2) is 0 Å². The number of hydrogen-bond acceptors (Lipinski definition) is 4. The summed E-state index contributed by atoms with van der Waals surface area (Å²) in [5.41, 5.74) is 8.30. The normalized spacial score (nSPS) is 13.5. The van der Waals surface area contributed by atoms with Crippen LogP contribution in [0.25, 0.3) is 0 Å². The molecule has 1 amide bonds. The summed E-state index contributed by atoms with van der Waals surface area (Å²) in [6, 6.07) is 11.4. The quantitative estimate of drug-likeness (QED) is 0.872. The number of nitrogens with zero attached hydrogens (tertiary/aromatic N) is 2. The van der Waals surface area contributed by atoms with E-state index in [2.05, 4.69) is 21.3 Å². The zero-order valence-electron chi connectivity index (χ0n) is 13.6. The lowest BCUT2D eigenvalue weighted by Crippen LogP contribution is -2.23. The van der Waals surface area contributed by atoms with Gasteiger partial charge in [0.2, 0.25) is 0 Å². The summed E-state index contributed by atoms with van der Waals surface area (Å²) in [5, 5.41) is 2.95.